The van der Waals surface area contributed by atoms with E-state index in [4.69, 9.17) is 12.2 Å². The van der Waals surface area contributed by atoms with Gasteiger partial charge in [0.15, 0.2) is 0 Å². The summed E-state index contributed by atoms with van der Waals surface area (Å²) in [7, 11) is 0. The maximum atomic E-state index is 11.0. The van der Waals surface area contributed by atoms with Crippen LogP contribution < -0.4 is 11.1 Å². The van der Waals surface area contributed by atoms with Gasteiger partial charge in [-0.3, -0.25) is 4.79 Å². The van der Waals surface area contributed by atoms with Gasteiger partial charge in [-0.05, 0) is 11.6 Å². The van der Waals surface area contributed by atoms with Crippen molar-refractivity contribution in [1.29, 1.82) is 0 Å². The van der Waals surface area contributed by atoms with E-state index in [0.717, 1.165) is 5.56 Å². The van der Waals surface area contributed by atoms with Gasteiger partial charge in [-0.2, -0.15) is 0 Å². The molecule has 0 unspecified atom stereocenters. The molecule has 14 heavy (non-hydrogen) atoms. The van der Waals surface area contributed by atoms with Crippen molar-refractivity contribution in [2.75, 3.05) is 6.54 Å². The van der Waals surface area contributed by atoms with Crippen molar-refractivity contribution in [3.05, 3.63) is 35.4 Å². The molecule has 3 nitrogen and oxygen atoms in total. The summed E-state index contributed by atoms with van der Waals surface area (Å²) in [6.45, 7) is 1.04. The zero-order valence-electron chi connectivity index (χ0n) is 7.79. The summed E-state index contributed by atoms with van der Waals surface area (Å²) in [6.07, 6.45) is 5.09. The largest absolute Gasteiger partial charge is 0.366 e. The highest BCUT2D eigenvalue weighted by atomic mass is 16.1. The van der Waals surface area contributed by atoms with Gasteiger partial charge in [0.2, 0.25) is 5.91 Å². The van der Waals surface area contributed by atoms with Gasteiger partial charge in [0.1, 0.15) is 0 Å². The minimum absolute atomic E-state index is 0.414. The number of nitrogens with one attached hydrogen (secondary N) is 1. The molecule has 0 saturated heterocycles. The maximum Gasteiger partial charge on any atom is 0.249 e. The van der Waals surface area contributed by atoms with E-state index in [0.29, 0.717) is 18.7 Å². The monoisotopic (exact) mass is 188 g/mol. The molecule has 0 aliphatic carbocycles. The second-order valence-electron chi connectivity index (χ2n) is 2.83. The summed E-state index contributed by atoms with van der Waals surface area (Å²) < 4.78 is 0. The molecule has 0 heterocycles. The Morgan fingerprint density at radius 2 is 2.21 bits per heavy atom. The number of benzene rings is 1. The van der Waals surface area contributed by atoms with E-state index < -0.39 is 5.91 Å². The third-order valence-corrected chi connectivity index (χ3v) is 1.83. The minimum atomic E-state index is -0.414. The van der Waals surface area contributed by atoms with Crippen molar-refractivity contribution in [3.63, 3.8) is 0 Å². The van der Waals surface area contributed by atoms with Crippen LogP contribution in [-0.4, -0.2) is 12.5 Å². The van der Waals surface area contributed by atoms with Crippen LogP contribution in [0, 0.1) is 12.3 Å². The Hall–Kier alpha value is -1.79. The lowest BCUT2D eigenvalue weighted by Gasteiger charge is -2.05. The Bertz CT molecular complexity index is 366. The summed E-state index contributed by atoms with van der Waals surface area (Å²) in [5.74, 6) is 2.05. The Morgan fingerprint density at radius 1 is 1.50 bits per heavy atom. The molecule has 3 heteroatoms. The molecule has 0 saturated carbocycles. The molecule has 0 aromatic heterocycles. The first-order valence-electron chi connectivity index (χ1n) is 4.27. The number of rotatable bonds is 4. The molecule has 0 spiro atoms. The van der Waals surface area contributed by atoms with Crippen molar-refractivity contribution in [1.82, 2.24) is 5.32 Å². The van der Waals surface area contributed by atoms with Gasteiger partial charge >= 0.3 is 0 Å². The maximum absolute atomic E-state index is 11.0. The fourth-order valence-corrected chi connectivity index (χ4v) is 1.18. The zero-order chi connectivity index (χ0) is 10.4. The Balaban J connectivity index is 2.75. The van der Waals surface area contributed by atoms with Crippen molar-refractivity contribution < 1.29 is 4.79 Å². The normalized spacial score (nSPS) is 9.36. The smallest absolute Gasteiger partial charge is 0.249 e. The van der Waals surface area contributed by atoms with Crippen molar-refractivity contribution in [2.24, 2.45) is 5.73 Å². The first-order valence-corrected chi connectivity index (χ1v) is 4.27. The predicted molar refractivity (Wildman–Crippen MR) is 55.5 cm³/mol. The molecule has 72 valence electrons. The average molecular weight is 188 g/mol. The van der Waals surface area contributed by atoms with E-state index >= 15 is 0 Å². The molecule has 0 bridgehead atoms. The fourth-order valence-electron chi connectivity index (χ4n) is 1.18. The van der Waals surface area contributed by atoms with Gasteiger partial charge in [-0.1, -0.05) is 24.1 Å². The lowest BCUT2D eigenvalue weighted by Crippen LogP contribution is -2.19. The standard InChI is InChI=1S/C11H12N2O/c1-2-7-13-8-9-5-3-4-6-10(9)11(12)14/h1,3-6,13H,7-8H2,(H2,12,14). The van der Waals surface area contributed by atoms with Crippen molar-refractivity contribution in [2.45, 2.75) is 6.54 Å². The van der Waals surface area contributed by atoms with Gasteiger partial charge < -0.3 is 11.1 Å². The molecule has 1 amide bonds. The van der Waals surface area contributed by atoms with Gasteiger partial charge in [0.25, 0.3) is 0 Å². The molecule has 0 atom stereocenters. The third kappa shape index (κ3) is 2.61. The molecule has 1 aromatic carbocycles. The van der Waals surface area contributed by atoms with Crippen LogP contribution in [0.5, 0.6) is 0 Å². The molecule has 1 aromatic rings. The molecule has 0 aliphatic heterocycles. The molecular formula is C11H12N2O. The fraction of sp³-hybridized carbons (Fsp3) is 0.182. The van der Waals surface area contributed by atoms with Crippen LogP contribution >= 0.6 is 0 Å². The van der Waals surface area contributed by atoms with E-state index in [9.17, 15) is 4.79 Å². The molecule has 1 rings (SSSR count). The predicted octanol–water partition coefficient (Wildman–Crippen LogP) is 0.508. The second-order valence-corrected chi connectivity index (χ2v) is 2.83. The summed E-state index contributed by atoms with van der Waals surface area (Å²) >= 11 is 0. The summed E-state index contributed by atoms with van der Waals surface area (Å²) in [5, 5.41) is 3.00. The Kier molecular flexibility index (Phi) is 3.71. The molecule has 0 radical (unpaired) electrons. The number of hydrogen-bond acceptors (Lipinski definition) is 2. The topological polar surface area (TPSA) is 55.1 Å². The Morgan fingerprint density at radius 3 is 2.86 bits per heavy atom. The van der Waals surface area contributed by atoms with Crippen LogP contribution in [0.3, 0.4) is 0 Å². The van der Waals surface area contributed by atoms with E-state index in [-0.39, 0.29) is 0 Å². The SMILES string of the molecule is C#CCNCc1ccccc1C(N)=O. The average Bonchev–Trinajstić information content (AvgIpc) is 2.19. The first kappa shape index (κ1) is 10.3. The quantitative estimate of drug-likeness (QED) is 0.534. The second kappa shape index (κ2) is 5.05. The van der Waals surface area contributed by atoms with E-state index in [1.54, 1.807) is 12.1 Å². The number of amides is 1. The van der Waals surface area contributed by atoms with Crippen LogP contribution in [-0.2, 0) is 6.54 Å². The number of terminal acetylenes is 1. The highest BCUT2D eigenvalue weighted by molar-refractivity contribution is 5.94. The highest BCUT2D eigenvalue weighted by Crippen LogP contribution is 2.06. The number of nitrogens with two attached hydrogens (primary N) is 1. The lowest BCUT2D eigenvalue weighted by molar-refractivity contribution is 0.0999. The van der Waals surface area contributed by atoms with Gasteiger partial charge in [-0.25, -0.2) is 0 Å². The highest BCUT2D eigenvalue weighted by Gasteiger charge is 2.05. The van der Waals surface area contributed by atoms with Crippen molar-refractivity contribution in [3.8, 4) is 12.3 Å². The molecule has 3 N–H and O–H groups in total. The van der Waals surface area contributed by atoms with Crippen LogP contribution in [0.15, 0.2) is 24.3 Å². The van der Waals surface area contributed by atoms with E-state index in [2.05, 4.69) is 11.2 Å². The van der Waals surface area contributed by atoms with Crippen LogP contribution in [0.1, 0.15) is 15.9 Å². The van der Waals surface area contributed by atoms with E-state index in [1.165, 1.54) is 0 Å². The third-order valence-electron chi connectivity index (χ3n) is 1.83. The first-order chi connectivity index (χ1) is 6.75. The summed E-state index contributed by atoms with van der Waals surface area (Å²) in [5.41, 5.74) is 6.62. The van der Waals surface area contributed by atoms with Crippen LogP contribution in [0.4, 0.5) is 0 Å². The van der Waals surface area contributed by atoms with Crippen molar-refractivity contribution >= 4 is 5.91 Å². The summed E-state index contributed by atoms with van der Waals surface area (Å²) in [4.78, 5) is 11.0. The summed E-state index contributed by atoms with van der Waals surface area (Å²) in [6, 6.07) is 7.20. The van der Waals surface area contributed by atoms with Crippen LogP contribution in [0.25, 0.3) is 0 Å². The number of primary amides is 1. The number of hydrogen-bond donors (Lipinski definition) is 2. The lowest BCUT2D eigenvalue weighted by atomic mass is 10.1. The van der Waals surface area contributed by atoms with E-state index in [1.807, 2.05) is 12.1 Å². The van der Waals surface area contributed by atoms with Gasteiger partial charge in [-0.15, -0.1) is 6.42 Å². The van der Waals surface area contributed by atoms with Crippen LogP contribution in [0.2, 0.25) is 0 Å². The molecule has 0 fully saturated rings. The van der Waals surface area contributed by atoms with Gasteiger partial charge in [0, 0.05) is 12.1 Å². The minimum Gasteiger partial charge on any atom is -0.366 e. The number of carbonyl (C=O) groups is 1. The molecule has 0 aliphatic rings. The molecular weight excluding hydrogens is 176 g/mol. The zero-order valence-corrected chi connectivity index (χ0v) is 7.79. The Labute approximate surface area is 83.3 Å². The van der Waals surface area contributed by atoms with Gasteiger partial charge in [0.05, 0.1) is 6.54 Å². The number of carbonyl (C=O) groups excluding carboxylic acids is 1.